The number of fused-ring (bicyclic) bond motifs is 1. The van der Waals surface area contributed by atoms with Gasteiger partial charge in [0.2, 0.25) is 0 Å². The SMILES string of the molecule is Cc1cc2oc(C(=O)N(C)CCOc3ccccc3)cc(=O)c2cc1C. The van der Waals surface area contributed by atoms with Gasteiger partial charge in [-0.2, -0.15) is 0 Å². The number of hydrogen-bond donors (Lipinski definition) is 0. The molecule has 0 bridgehead atoms. The molecule has 0 fully saturated rings. The van der Waals surface area contributed by atoms with Gasteiger partial charge in [-0.05, 0) is 49.2 Å². The standard InChI is InChI=1S/C21H21NO4/c1-14-11-17-18(23)13-20(26-19(17)12-15(14)2)21(24)22(3)9-10-25-16-7-5-4-6-8-16/h4-8,11-13H,9-10H2,1-3H3. The molecule has 0 saturated heterocycles. The van der Waals surface area contributed by atoms with Crippen molar-refractivity contribution in [1.82, 2.24) is 4.90 Å². The van der Waals surface area contributed by atoms with Crippen LogP contribution in [-0.4, -0.2) is 31.0 Å². The predicted octanol–water partition coefficient (Wildman–Crippen LogP) is 3.56. The largest absolute Gasteiger partial charge is 0.492 e. The maximum absolute atomic E-state index is 12.6. The minimum Gasteiger partial charge on any atom is -0.492 e. The second kappa shape index (κ2) is 7.44. The predicted molar refractivity (Wildman–Crippen MR) is 101 cm³/mol. The molecule has 5 nitrogen and oxygen atoms in total. The number of carbonyl (C=O) groups excluding carboxylic acids is 1. The summed E-state index contributed by atoms with van der Waals surface area (Å²) in [5.41, 5.74) is 2.23. The minimum absolute atomic E-state index is 0.0352. The van der Waals surface area contributed by atoms with Crippen LogP contribution in [-0.2, 0) is 0 Å². The Balaban J connectivity index is 1.74. The lowest BCUT2D eigenvalue weighted by molar-refractivity contribution is 0.0743. The monoisotopic (exact) mass is 351 g/mol. The van der Waals surface area contributed by atoms with Crippen molar-refractivity contribution in [2.45, 2.75) is 13.8 Å². The van der Waals surface area contributed by atoms with E-state index in [9.17, 15) is 9.59 Å². The van der Waals surface area contributed by atoms with Gasteiger partial charge in [0.05, 0.1) is 11.9 Å². The van der Waals surface area contributed by atoms with Crippen molar-refractivity contribution in [3.05, 3.63) is 75.6 Å². The number of aryl methyl sites for hydroxylation is 2. The van der Waals surface area contributed by atoms with Crippen molar-refractivity contribution in [2.75, 3.05) is 20.2 Å². The average molecular weight is 351 g/mol. The van der Waals surface area contributed by atoms with Gasteiger partial charge in [0.25, 0.3) is 5.91 Å². The number of para-hydroxylation sites is 1. The first-order valence-electron chi connectivity index (χ1n) is 8.44. The lowest BCUT2D eigenvalue weighted by Gasteiger charge is -2.17. The molecule has 134 valence electrons. The molecule has 0 radical (unpaired) electrons. The first-order valence-corrected chi connectivity index (χ1v) is 8.44. The van der Waals surface area contributed by atoms with E-state index in [0.29, 0.717) is 24.1 Å². The summed E-state index contributed by atoms with van der Waals surface area (Å²) in [5.74, 6) is 0.434. The van der Waals surface area contributed by atoms with E-state index < -0.39 is 0 Å². The van der Waals surface area contributed by atoms with E-state index in [2.05, 4.69) is 0 Å². The normalized spacial score (nSPS) is 10.7. The van der Waals surface area contributed by atoms with E-state index in [1.165, 1.54) is 11.0 Å². The fraction of sp³-hybridized carbons (Fsp3) is 0.238. The summed E-state index contributed by atoms with van der Waals surface area (Å²) in [6.07, 6.45) is 0. The molecule has 26 heavy (non-hydrogen) atoms. The summed E-state index contributed by atoms with van der Waals surface area (Å²) in [7, 11) is 1.65. The van der Waals surface area contributed by atoms with E-state index in [0.717, 1.165) is 16.9 Å². The van der Waals surface area contributed by atoms with E-state index in [4.69, 9.17) is 9.15 Å². The molecule has 0 saturated carbocycles. The van der Waals surface area contributed by atoms with Gasteiger partial charge in [0.15, 0.2) is 11.2 Å². The fourth-order valence-electron chi connectivity index (χ4n) is 2.62. The van der Waals surface area contributed by atoms with Crippen LogP contribution in [0.2, 0.25) is 0 Å². The molecule has 2 aromatic carbocycles. The minimum atomic E-state index is -0.348. The topological polar surface area (TPSA) is 59.8 Å². The zero-order chi connectivity index (χ0) is 18.7. The van der Waals surface area contributed by atoms with Gasteiger partial charge in [-0.15, -0.1) is 0 Å². The molecule has 0 aliphatic heterocycles. The first kappa shape index (κ1) is 17.7. The molecule has 0 atom stereocenters. The van der Waals surface area contributed by atoms with Crippen molar-refractivity contribution >= 4 is 16.9 Å². The highest BCUT2D eigenvalue weighted by Crippen LogP contribution is 2.18. The molecule has 0 spiro atoms. The van der Waals surface area contributed by atoms with Crippen molar-refractivity contribution < 1.29 is 13.9 Å². The Morgan fingerprint density at radius 3 is 2.50 bits per heavy atom. The Kier molecular flexibility index (Phi) is 5.07. The van der Waals surface area contributed by atoms with Crippen LogP contribution in [0, 0.1) is 13.8 Å². The lowest BCUT2D eigenvalue weighted by atomic mass is 10.1. The van der Waals surface area contributed by atoms with Gasteiger partial charge in [-0.25, -0.2) is 0 Å². The number of nitrogens with zero attached hydrogens (tertiary/aromatic N) is 1. The van der Waals surface area contributed by atoms with Crippen LogP contribution in [0.15, 0.2) is 57.7 Å². The van der Waals surface area contributed by atoms with Gasteiger partial charge >= 0.3 is 0 Å². The summed E-state index contributed by atoms with van der Waals surface area (Å²) in [6, 6.07) is 14.2. The van der Waals surface area contributed by atoms with Gasteiger partial charge in [0.1, 0.15) is 17.9 Å². The zero-order valence-corrected chi connectivity index (χ0v) is 15.1. The smallest absolute Gasteiger partial charge is 0.289 e. The van der Waals surface area contributed by atoms with Crippen LogP contribution in [0.5, 0.6) is 5.75 Å². The highest BCUT2D eigenvalue weighted by Gasteiger charge is 2.17. The van der Waals surface area contributed by atoms with Gasteiger partial charge in [-0.3, -0.25) is 9.59 Å². The fourth-order valence-corrected chi connectivity index (χ4v) is 2.62. The average Bonchev–Trinajstić information content (AvgIpc) is 2.63. The van der Waals surface area contributed by atoms with E-state index >= 15 is 0 Å². The van der Waals surface area contributed by atoms with Crippen molar-refractivity contribution in [1.29, 1.82) is 0 Å². The number of carbonyl (C=O) groups is 1. The van der Waals surface area contributed by atoms with Crippen LogP contribution in [0.4, 0.5) is 0 Å². The third-order valence-corrected chi connectivity index (χ3v) is 4.34. The van der Waals surface area contributed by atoms with E-state index in [-0.39, 0.29) is 17.1 Å². The molecule has 1 heterocycles. The van der Waals surface area contributed by atoms with E-state index in [1.807, 2.05) is 44.2 Å². The molecule has 3 aromatic rings. The Bertz CT molecular complexity index is 992. The zero-order valence-electron chi connectivity index (χ0n) is 15.1. The molecule has 0 unspecified atom stereocenters. The second-order valence-corrected chi connectivity index (χ2v) is 6.30. The van der Waals surface area contributed by atoms with Crippen LogP contribution in [0.3, 0.4) is 0 Å². The second-order valence-electron chi connectivity index (χ2n) is 6.30. The lowest BCUT2D eigenvalue weighted by Crippen LogP contribution is -2.31. The number of benzene rings is 2. The molecular weight excluding hydrogens is 330 g/mol. The summed E-state index contributed by atoms with van der Waals surface area (Å²) < 4.78 is 11.3. The summed E-state index contributed by atoms with van der Waals surface area (Å²) in [6.45, 7) is 4.61. The molecule has 5 heteroatoms. The van der Waals surface area contributed by atoms with Gasteiger partial charge < -0.3 is 14.1 Å². The number of likely N-dealkylation sites (N-methyl/N-ethyl adjacent to an activating group) is 1. The maximum Gasteiger partial charge on any atom is 0.289 e. The van der Waals surface area contributed by atoms with Gasteiger partial charge in [0, 0.05) is 13.1 Å². The number of amides is 1. The summed E-state index contributed by atoms with van der Waals surface area (Å²) in [4.78, 5) is 26.4. The Labute approximate surface area is 151 Å². The Hall–Kier alpha value is -3.08. The maximum atomic E-state index is 12.6. The third-order valence-electron chi connectivity index (χ3n) is 4.34. The van der Waals surface area contributed by atoms with Crippen molar-refractivity contribution in [3.8, 4) is 5.75 Å². The van der Waals surface area contributed by atoms with Gasteiger partial charge in [-0.1, -0.05) is 18.2 Å². The molecule has 0 N–H and O–H groups in total. The molecule has 1 amide bonds. The van der Waals surface area contributed by atoms with Crippen molar-refractivity contribution in [2.24, 2.45) is 0 Å². The van der Waals surface area contributed by atoms with Crippen LogP contribution >= 0.6 is 0 Å². The van der Waals surface area contributed by atoms with Crippen LogP contribution in [0.25, 0.3) is 11.0 Å². The van der Waals surface area contributed by atoms with Crippen molar-refractivity contribution in [3.63, 3.8) is 0 Å². The number of ether oxygens (including phenoxy) is 1. The molecule has 0 aliphatic rings. The molecule has 1 aromatic heterocycles. The summed E-state index contributed by atoms with van der Waals surface area (Å²) >= 11 is 0. The highest BCUT2D eigenvalue weighted by molar-refractivity contribution is 5.93. The molecular formula is C21H21NO4. The van der Waals surface area contributed by atoms with E-state index in [1.54, 1.807) is 19.2 Å². The first-order chi connectivity index (χ1) is 12.5. The van der Waals surface area contributed by atoms with Crippen LogP contribution in [0.1, 0.15) is 21.7 Å². The molecule has 0 aliphatic carbocycles. The number of hydrogen-bond acceptors (Lipinski definition) is 4. The summed E-state index contributed by atoms with van der Waals surface area (Å²) in [5, 5.41) is 0.486. The molecule has 3 rings (SSSR count). The number of rotatable bonds is 5. The Morgan fingerprint density at radius 1 is 1.08 bits per heavy atom. The third kappa shape index (κ3) is 3.77. The highest BCUT2D eigenvalue weighted by atomic mass is 16.5. The Morgan fingerprint density at radius 2 is 1.77 bits per heavy atom. The van der Waals surface area contributed by atoms with Crippen LogP contribution < -0.4 is 10.2 Å². The quantitative estimate of drug-likeness (QED) is 0.705.